The van der Waals surface area contributed by atoms with E-state index in [1.165, 1.54) is 24.5 Å². The lowest BCUT2D eigenvalue weighted by Gasteiger charge is -2.08. The third kappa shape index (κ3) is 2.33. The van der Waals surface area contributed by atoms with Crippen molar-refractivity contribution < 1.29 is 12.6 Å². The van der Waals surface area contributed by atoms with Gasteiger partial charge in [0.05, 0.1) is 0 Å². The Hall–Kier alpha value is -2.47. The molecular weight excluding hydrogens is 276 g/mol. The molecule has 0 N–H and O–H groups in total. The second-order valence-electron chi connectivity index (χ2n) is 4.06. The summed E-state index contributed by atoms with van der Waals surface area (Å²) in [5.74, 6) is 0.201. The van der Waals surface area contributed by atoms with E-state index in [1.54, 1.807) is 24.4 Å². The van der Waals surface area contributed by atoms with Gasteiger partial charge in [-0.25, -0.2) is 0 Å². The van der Waals surface area contributed by atoms with Crippen molar-refractivity contribution in [2.24, 2.45) is 0 Å². The number of aromatic nitrogens is 2. The Balaban J connectivity index is 2.06. The van der Waals surface area contributed by atoms with Crippen molar-refractivity contribution in [2.45, 2.75) is 4.90 Å². The molecular formula is C14H10N2O3S. The minimum Gasteiger partial charge on any atom is -0.377 e. The number of nitrogens with zero attached hydrogens (tertiary/aromatic N) is 2. The van der Waals surface area contributed by atoms with E-state index in [-0.39, 0.29) is 10.6 Å². The third-order valence-corrected chi connectivity index (χ3v) is 3.94. The Morgan fingerprint density at radius 3 is 2.55 bits per heavy atom. The zero-order chi connectivity index (χ0) is 14.0. The van der Waals surface area contributed by atoms with Gasteiger partial charge < -0.3 is 4.18 Å². The maximum Gasteiger partial charge on any atom is 0.340 e. The smallest absolute Gasteiger partial charge is 0.340 e. The van der Waals surface area contributed by atoms with Crippen LogP contribution in [-0.2, 0) is 10.1 Å². The summed E-state index contributed by atoms with van der Waals surface area (Å²) < 4.78 is 29.5. The maximum atomic E-state index is 12.2. The molecule has 0 saturated carbocycles. The number of para-hydroxylation sites is 1. The molecule has 0 amide bonds. The summed E-state index contributed by atoms with van der Waals surface area (Å²) in [5, 5.41) is 0.811. The first-order chi connectivity index (χ1) is 9.67. The Labute approximate surface area is 116 Å². The molecule has 0 unspecified atom stereocenters. The predicted molar refractivity (Wildman–Crippen MR) is 73.8 cm³/mol. The van der Waals surface area contributed by atoms with Gasteiger partial charge in [-0.15, -0.1) is 0 Å². The zero-order valence-corrected chi connectivity index (χ0v) is 11.1. The maximum absolute atomic E-state index is 12.2. The first-order valence-electron chi connectivity index (χ1n) is 5.85. The summed E-state index contributed by atoms with van der Waals surface area (Å²) in [5.41, 5.74) is 0.502. The van der Waals surface area contributed by atoms with Gasteiger partial charge >= 0.3 is 10.1 Å². The number of fused-ring (bicyclic) bond motifs is 1. The molecule has 100 valence electrons. The molecule has 3 rings (SSSR count). The topological polar surface area (TPSA) is 69.2 Å². The van der Waals surface area contributed by atoms with E-state index in [0.717, 1.165) is 5.39 Å². The number of rotatable bonds is 3. The minimum atomic E-state index is -3.91. The molecule has 5 nitrogen and oxygen atoms in total. The third-order valence-electron chi connectivity index (χ3n) is 2.72. The summed E-state index contributed by atoms with van der Waals surface area (Å²) >= 11 is 0. The molecule has 0 aliphatic rings. The Morgan fingerprint density at radius 1 is 0.950 bits per heavy atom. The van der Waals surface area contributed by atoms with E-state index in [1.807, 2.05) is 12.1 Å². The summed E-state index contributed by atoms with van der Waals surface area (Å²) in [7, 11) is -3.91. The average molecular weight is 286 g/mol. The van der Waals surface area contributed by atoms with Crippen LogP contribution >= 0.6 is 0 Å². The summed E-state index contributed by atoms with van der Waals surface area (Å²) in [6, 6.07) is 11.7. The van der Waals surface area contributed by atoms with Crippen molar-refractivity contribution in [1.29, 1.82) is 0 Å². The van der Waals surface area contributed by atoms with Crippen LogP contribution in [0, 0.1) is 0 Å². The van der Waals surface area contributed by atoms with Gasteiger partial charge in [0.15, 0.2) is 5.75 Å². The first kappa shape index (κ1) is 12.6. The lowest BCUT2D eigenvalue weighted by atomic mass is 10.2. The second kappa shape index (κ2) is 4.90. The molecule has 0 radical (unpaired) electrons. The van der Waals surface area contributed by atoms with Gasteiger partial charge in [0.25, 0.3) is 0 Å². The van der Waals surface area contributed by atoms with E-state index in [2.05, 4.69) is 9.97 Å². The van der Waals surface area contributed by atoms with Gasteiger partial charge in [-0.1, -0.05) is 18.2 Å². The largest absolute Gasteiger partial charge is 0.377 e. The Kier molecular flexibility index (Phi) is 3.08. The molecule has 2 aromatic heterocycles. The summed E-state index contributed by atoms with van der Waals surface area (Å²) in [4.78, 5) is 7.94. The number of hydrogen-bond acceptors (Lipinski definition) is 5. The van der Waals surface area contributed by atoms with Crippen molar-refractivity contribution in [2.75, 3.05) is 0 Å². The SMILES string of the molecule is O=S(=O)(Oc1cccc2cccnc12)c1cccnc1. The van der Waals surface area contributed by atoms with Crippen LogP contribution in [0.1, 0.15) is 0 Å². The van der Waals surface area contributed by atoms with Crippen molar-refractivity contribution in [1.82, 2.24) is 9.97 Å². The van der Waals surface area contributed by atoms with Crippen LogP contribution < -0.4 is 4.18 Å². The van der Waals surface area contributed by atoms with Gasteiger partial charge in [-0.05, 0) is 24.3 Å². The lowest BCUT2D eigenvalue weighted by Crippen LogP contribution is -2.10. The van der Waals surface area contributed by atoms with E-state index < -0.39 is 10.1 Å². The fourth-order valence-corrected chi connectivity index (χ4v) is 2.71. The van der Waals surface area contributed by atoms with E-state index in [4.69, 9.17) is 4.18 Å². The van der Waals surface area contributed by atoms with Crippen LogP contribution in [0.5, 0.6) is 5.75 Å². The minimum absolute atomic E-state index is 0.00735. The van der Waals surface area contributed by atoms with Gasteiger partial charge in [-0.3, -0.25) is 9.97 Å². The fraction of sp³-hybridized carbons (Fsp3) is 0. The highest BCUT2D eigenvalue weighted by molar-refractivity contribution is 7.87. The quantitative estimate of drug-likeness (QED) is 0.691. The molecule has 0 fully saturated rings. The van der Waals surface area contributed by atoms with E-state index >= 15 is 0 Å². The Morgan fingerprint density at radius 2 is 1.75 bits per heavy atom. The van der Waals surface area contributed by atoms with Crippen LogP contribution in [0.25, 0.3) is 10.9 Å². The monoisotopic (exact) mass is 286 g/mol. The van der Waals surface area contributed by atoms with Crippen molar-refractivity contribution >= 4 is 21.0 Å². The first-order valence-corrected chi connectivity index (χ1v) is 7.26. The molecule has 1 aromatic carbocycles. The van der Waals surface area contributed by atoms with E-state index in [9.17, 15) is 8.42 Å². The van der Waals surface area contributed by atoms with Gasteiger partial charge in [0, 0.05) is 24.0 Å². The lowest BCUT2D eigenvalue weighted by molar-refractivity contribution is 0.488. The normalized spacial score (nSPS) is 11.4. The summed E-state index contributed by atoms with van der Waals surface area (Å²) in [6.07, 6.45) is 4.33. The summed E-state index contributed by atoms with van der Waals surface area (Å²) in [6.45, 7) is 0. The fourth-order valence-electron chi connectivity index (χ4n) is 1.80. The average Bonchev–Trinajstić information content (AvgIpc) is 2.48. The van der Waals surface area contributed by atoms with Gasteiger partial charge in [-0.2, -0.15) is 8.42 Å². The highest BCUT2D eigenvalue weighted by Gasteiger charge is 2.18. The predicted octanol–water partition coefficient (Wildman–Crippen LogP) is 2.40. The molecule has 0 saturated heterocycles. The highest BCUT2D eigenvalue weighted by atomic mass is 32.2. The molecule has 0 bridgehead atoms. The molecule has 0 aliphatic heterocycles. The molecule has 0 spiro atoms. The molecule has 6 heteroatoms. The van der Waals surface area contributed by atoms with Crippen LogP contribution in [0.2, 0.25) is 0 Å². The highest BCUT2D eigenvalue weighted by Crippen LogP contribution is 2.26. The molecule has 3 aromatic rings. The Bertz CT molecular complexity index is 843. The van der Waals surface area contributed by atoms with Crippen molar-refractivity contribution in [3.05, 3.63) is 61.1 Å². The van der Waals surface area contributed by atoms with Gasteiger partial charge in [0.2, 0.25) is 0 Å². The zero-order valence-electron chi connectivity index (χ0n) is 10.3. The number of hydrogen-bond donors (Lipinski definition) is 0. The molecule has 2 heterocycles. The van der Waals surface area contributed by atoms with Crippen LogP contribution in [-0.4, -0.2) is 18.4 Å². The van der Waals surface area contributed by atoms with Crippen molar-refractivity contribution in [3.63, 3.8) is 0 Å². The number of benzene rings is 1. The van der Waals surface area contributed by atoms with Crippen LogP contribution in [0.3, 0.4) is 0 Å². The standard InChI is InChI=1S/C14H10N2O3S/c17-20(18,12-6-3-8-15-10-12)19-13-7-1-4-11-5-2-9-16-14(11)13/h1-10H. The second-order valence-corrected chi connectivity index (χ2v) is 5.60. The molecule has 20 heavy (non-hydrogen) atoms. The van der Waals surface area contributed by atoms with Gasteiger partial charge in [0.1, 0.15) is 10.4 Å². The van der Waals surface area contributed by atoms with Crippen LogP contribution in [0.15, 0.2) is 66.0 Å². The molecule has 0 aliphatic carbocycles. The van der Waals surface area contributed by atoms with Crippen molar-refractivity contribution in [3.8, 4) is 5.75 Å². The molecule has 0 atom stereocenters. The van der Waals surface area contributed by atoms with E-state index in [0.29, 0.717) is 5.52 Å². The number of pyridine rings is 2. The van der Waals surface area contributed by atoms with Crippen LogP contribution in [0.4, 0.5) is 0 Å².